The van der Waals surface area contributed by atoms with E-state index in [4.69, 9.17) is 15.6 Å². The molecule has 0 aliphatic rings. The molecule has 0 fully saturated rings. The highest BCUT2D eigenvalue weighted by atomic mass is 16.5. The van der Waals surface area contributed by atoms with Crippen molar-refractivity contribution in [2.45, 2.75) is 0 Å². The second-order valence-electron chi connectivity index (χ2n) is 4.76. The number of aromatic hydroxyl groups is 1. The van der Waals surface area contributed by atoms with Crippen molar-refractivity contribution in [3.63, 3.8) is 0 Å². The van der Waals surface area contributed by atoms with Gasteiger partial charge in [0.25, 0.3) is 0 Å². The molecule has 0 spiro atoms. The molecule has 0 amide bonds. The number of phenols is 1. The Balaban J connectivity index is 0.000000185. The fraction of sp³-hybridized carbons (Fsp3) is 0.0556. The Kier molecular flexibility index (Phi) is 5.04. The molecule has 5 nitrogen and oxygen atoms in total. The van der Waals surface area contributed by atoms with E-state index in [1.807, 2.05) is 36.4 Å². The summed E-state index contributed by atoms with van der Waals surface area (Å²) in [5.74, 6) is -0.582. The van der Waals surface area contributed by atoms with Gasteiger partial charge in [-0.1, -0.05) is 36.4 Å². The largest absolute Gasteiger partial charge is 0.507 e. The van der Waals surface area contributed by atoms with Crippen LogP contribution in [-0.4, -0.2) is 23.3 Å². The van der Waals surface area contributed by atoms with Crippen molar-refractivity contribution in [3.05, 3.63) is 66.2 Å². The maximum atomic E-state index is 10.7. The second-order valence-corrected chi connectivity index (χ2v) is 4.76. The van der Waals surface area contributed by atoms with E-state index in [9.17, 15) is 9.90 Å². The van der Waals surface area contributed by atoms with Crippen LogP contribution in [0.4, 0.5) is 5.69 Å². The van der Waals surface area contributed by atoms with Crippen LogP contribution >= 0.6 is 0 Å². The van der Waals surface area contributed by atoms with Crippen molar-refractivity contribution in [2.24, 2.45) is 0 Å². The topological polar surface area (TPSA) is 92.8 Å². The van der Waals surface area contributed by atoms with Crippen LogP contribution in [0, 0.1) is 0 Å². The fourth-order valence-corrected chi connectivity index (χ4v) is 2.07. The van der Waals surface area contributed by atoms with Crippen LogP contribution in [0.15, 0.2) is 60.7 Å². The first kappa shape index (κ1) is 16.2. The maximum Gasteiger partial charge on any atom is 0.339 e. The zero-order valence-corrected chi connectivity index (χ0v) is 12.6. The molecule has 0 aliphatic heterocycles. The van der Waals surface area contributed by atoms with Crippen LogP contribution in [0.1, 0.15) is 10.4 Å². The van der Waals surface area contributed by atoms with Gasteiger partial charge in [0, 0.05) is 0 Å². The van der Waals surface area contributed by atoms with Crippen molar-refractivity contribution in [1.82, 2.24) is 0 Å². The van der Waals surface area contributed by atoms with Gasteiger partial charge in [-0.2, -0.15) is 0 Å². The predicted octanol–water partition coefficient (Wildman–Crippen LogP) is 3.52. The Labute approximate surface area is 133 Å². The number of nitrogens with two attached hydrogens (primary N) is 1. The number of anilines is 1. The monoisotopic (exact) mass is 311 g/mol. The average molecular weight is 311 g/mol. The molecule has 0 bridgehead atoms. The summed E-state index contributed by atoms with van der Waals surface area (Å²) in [5.41, 5.74) is 6.12. The minimum absolute atomic E-state index is 0.0660. The molecule has 3 rings (SSSR count). The van der Waals surface area contributed by atoms with Crippen molar-refractivity contribution in [1.29, 1.82) is 0 Å². The number of hydrogen-bond acceptors (Lipinski definition) is 4. The highest BCUT2D eigenvalue weighted by Crippen LogP contribution is 2.24. The number of carbonyl (C=O) groups is 1. The number of nitrogen functional groups attached to an aromatic ring is 1. The molecular formula is C18H17NO4. The van der Waals surface area contributed by atoms with Gasteiger partial charge in [-0.15, -0.1) is 0 Å². The van der Waals surface area contributed by atoms with Crippen molar-refractivity contribution in [2.75, 3.05) is 12.8 Å². The predicted molar refractivity (Wildman–Crippen MR) is 90.0 cm³/mol. The first-order valence-corrected chi connectivity index (χ1v) is 6.86. The number of aromatic carboxylic acids is 1. The van der Waals surface area contributed by atoms with Gasteiger partial charge >= 0.3 is 5.97 Å². The Bertz CT molecular complexity index is 830. The molecule has 0 unspecified atom stereocenters. The molecule has 0 radical (unpaired) electrons. The fourth-order valence-electron chi connectivity index (χ4n) is 2.07. The molecule has 3 aromatic carbocycles. The second kappa shape index (κ2) is 7.17. The van der Waals surface area contributed by atoms with E-state index in [0.717, 1.165) is 16.5 Å². The number of benzene rings is 3. The van der Waals surface area contributed by atoms with Crippen LogP contribution < -0.4 is 10.5 Å². The zero-order chi connectivity index (χ0) is 16.8. The van der Waals surface area contributed by atoms with Crippen LogP contribution in [0.2, 0.25) is 0 Å². The van der Waals surface area contributed by atoms with Crippen molar-refractivity contribution >= 4 is 22.4 Å². The van der Waals surface area contributed by atoms with Crippen molar-refractivity contribution < 1.29 is 19.7 Å². The summed E-state index contributed by atoms with van der Waals surface area (Å²) in [6.07, 6.45) is 0. The number of para-hydroxylation sites is 2. The van der Waals surface area contributed by atoms with Crippen molar-refractivity contribution in [3.8, 4) is 11.5 Å². The standard InChI is InChI=1S/C11H8O3.C7H9NO/c12-10-6-8-4-2-1-3-7(8)5-9(10)11(13)14;1-9-7-5-3-2-4-6(7)8/h1-6,12H,(H,13,14);2-5H,8H2,1H3. The summed E-state index contributed by atoms with van der Waals surface area (Å²) < 4.78 is 4.92. The van der Waals surface area contributed by atoms with Gasteiger partial charge in [-0.25, -0.2) is 4.79 Å². The lowest BCUT2D eigenvalue weighted by molar-refractivity contribution is 0.0694. The number of hydrogen-bond donors (Lipinski definition) is 3. The average Bonchev–Trinajstić information content (AvgIpc) is 2.55. The summed E-state index contributed by atoms with van der Waals surface area (Å²) >= 11 is 0. The smallest absolute Gasteiger partial charge is 0.339 e. The summed E-state index contributed by atoms with van der Waals surface area (Å²) in [5, 5.41) is 19.8. The van der Waals surface area contributed by atoms with Crippen LogP contribution in [0.5, 0.6) is 11.5 Å². The molecule has 118 valence electrons. The molecule has 0 heterocycles. The molecule has 5 heteroatoms. The highest BCUT2D eigenvalue weighted by Gasteiger charge is 2.09. The Hall–Kier alpha value is -3.21. The number of methoxy groups -OCH3 is 1. The Morgan fingerprint density at radius 1 is 1.00 bits per heavy atom. The van der Waals surface area contributed by atoms with Gasteiger partial charge in [-0.05, 0) is 35.0 Å². The van der Waals surface area contributed by atoms with Crippen LogP contribution in [-0.2, 0) is 0 Å². The van der Waals surface area contributed by atoms with E-state index in [-0.39, 0.29) is 11.3 Å². The number of fused-ring (bicyclic) bond motifs is 1. The molecule has 23 heavy (non-hydrogen) atoms. The lowest BCUT2D eigenvalue weighted by Crippen LogP contribution is -1.96. The van der Waals surface area contributed by atoms with E-state index in [1.54, 1.807) is 19.2 Å². The minimum Gasteiger partial charge on any atom is -0.507 e. The normalized spacial score (nSPS) is 9.78. The van der Waals surface area contributed by atoms with Gasteiger partial charge < -0.3 is 20.7 Å². The molecule has 0 saturated carbocycles. The Morgan fingerprint density at radius 3 is 2.09 bits per heavy atom. The number of rotatable bonds is 2. The van der Waals surface area contributed by atoms with E-state index in [0.29, 0.717) is 5.69 Å². The first-order chi connectivity index (χ1) is 11.0. The number of carboxylic acid groups (broad SMARTS) is 1. The first-order valence-electron chi connectivity index (χ1n) is 6.86. The number of ether oxygens (including phenoxy) is 1. The van der Waals surface area contributed by atoms with E-state index in [1.165, 1.54) is 12.1 Å². The van der Waals surface area contributed by atoms with Crippen LogP contribution in [0.25, 0.3) is 10.8 Å². The summed E-state index contributed by atoms with van der Waals surface area (Å²) in [4.78, 5) is 10.7. The molecule has 0 atom stereocenters. The summed E-state index contributed by atoms with van der Waals surface area (Å²) in [6.45, 7) is 0. The maximum absolute atomic E-state index is 10.7. The van der Waals surface area contributed by atoms with E-state index < -0.39 is 5.97 Å². The Morgan fingerprint density at radius 2 is 1.57 bits per heavy atom. The third-order valence-corrected chi connectivity index (χ3v) is 3.23. The molecule has 3 aromatic rings. The quantitative estimate of drug-likeness (QED) is 0.630. The highest BCUT2D eigenvalue weighted by molar-refractivity contribution is 5.97. The zero-order valence-electron chi connectivity index (χ0n) is 12.6. The minimum atomic E-state index is -1.12. The summed E-state index contributed by atoms with van der Waals surface area (Å²) in [7, 11) is 1.60. The molecule has 4 N–H and O–H groups in total. The van der Waals surface area contributed by atoms with Gasteiger partial charge in [0.05, 0.1) is 12.8 Å². The summed E-state index contributed by atoms with van der Waals surface area (Å²) in [6, 6.07) is 17.6. The van der Waals surface area contributed by atoms with Gasteiger partial charge in [0.15, 0.2) is 0 Å². The van der Waals surface area contributed by atoms with Gasteiger partial charge in [0.1, 0.15) is 17.1 Å². The van der Waals surface area contributed by atoms with E-state index in [2.05, 4.69) is 0 Å². The van der Waals surface area contributed by atoms with Crippen LogP contribution in [0.3, 0.4) is 0 Å². The van der Waals surface area contributed by atoms with Gasteiger partial charge in [-0.3, -0.25) is 0 Å². The SMILES string of the molecule is COc1ccccc1N.O=C(O)c1cc2ccccc2cc1O. The number of carboxylic acids is 1. The molecule has 0 saturated heterocycles. The third kappa shape index (κ3) is 3.91. The van der Waals surface area contributed by atoms with Gasteiger partial charge in [0.2, 0.25) is 0 Å². The lowest BCUT2D eigenvalue weighted by atomic mass is 10.1. The van der Waals surface area contributed by atoms with E-state index >= 15 is 0 Å². The molecule has 0 aromatic heterocycles. The molecule has 0 aliphatic carbocycles. The lowest BCUT2D eigenvalue weighted by Gasteiger charge is -2.02. The molecular weight excluding hydrogens is 294 g/mol. The third-order valence-electron chi connectivity index (χ3n) is 3.23.